The number of benzene rings is 1. The van der Waals surface area contributed by atoms with E-state index in [1.54, 1.807) is 12.1 Å². The number of rotatable bonds is 5. The Morgan fingerprint density at radius 1 is 1.39 bits per heavy atom. The molecule has 1 rings (SSSR count). The molecule has 0 saturated carbocycles. The lowest BCUT2D eigenvalue weighted by Gasteiger charge is -2.05. The van der Waals surface area contributed by atoms with Crippen molar-refractivity contribution in [3.8, 4) is 0 Å². The summed E-state index contributed by atoms with van der Waals surface area (Å²) in [5.74, 6) is -1.44. The van der Waals surface area contributed by atoms with Gasteiger partial charge in [-0.2, -0.15) is 0 Å². The maximum atomic E-state index is 10.8. The molecule has 4 nitrogen and oxygen atoms in total. The number of allylic oxidation sites excluding steroid dienone is 2. The number of nitrogens with one attached hydrogen (secondary N) is 1. The Labute approximate surface area is 106 Å². The van der Waals surface area contributed by atoms with Crippen LogP contribution in [0.25, 0.3) is 6.08 Å². The molecule has 0 aromatic heterocycles. The fourth-order valence-corrected chi connectivity index (χ4v) is 1.48. The summed E-state index contributed by atoms with van der Waals surface area (Å²) in [6.07, 6.45) is 4.93. The number of methoxy groups -OCH3 is 1. The van der Waals surface area contributed by atoms with Crippen molar-refractivity contribution in [3.63, 3.8) is 0 Å². The highest BCUT2D eigenvalue weighted by molar-refractivity contribution is 6.11. The molecular weight excluding hydrogens is 230 g/mol. The van der Waals surface area contributed by atoms with E-state index in [0.717, 1.165) is 5.56 Å². The average molecular weight is 245 g/mol. The van der Waals surface area contributed by atoms with Crippen LogP contribution in [0.4, 0.5) is 0 Å². The minimum Gasteiger partial charge on any atom is -0.490 e. The van der Waals surface area contributed by atoms with Gasteiger partial charge in [0.25, 0.3) is 0 Å². The number of carboxylic acid groups (broad SMARTS) is 1. The summed E-state index contributed by atoms with van der Waals surface area (Å²) >= 11 is 0. The van der Waals surface area contributed by atoms with Crippen LogP contribution in [0, 0.1) is 5.41 Å². The van der Waals surface area contributed by atoms with E-state index < -0.39 is 5.97 Å². The molecule has 1 aromatic carbocycles. The van der Waals surface area contributed by atoms with Crippen LogP contribution in [0.15, 0.2) is 42.2 Å². The largest absolute Gasteiger partial charge is 0.490 e. The molecule has 0 radical (unpaired) electrons. The van der Waals surface area contributed by atoms with Gasteiger partial charge in [0.05, 0.1) is 12.8 Å². The Kier molecular flexibility index (Phi) is 4.87. The molecule has 18 heavy (non-hydrogen) atoms. The van der Waals surface area contributed by atoms with E-state index in [1.807, 2.05) is 31.2 Å². The Bertz CT molecular complexity index is 516. The van der Waals surface area contributed by atoms with Gasteiger partial charge < -0.3 is 15.3 Å². The second-order valence-electron chi connectivity index (χ2n) is 3.52. The van der Waals surface area contributed by atoms with Crippen molar-refractivity contribution < 1.29 is 14.6 Å². The highest BCUT2D eigenvalue weighted by Crippen LogP contribution is 2.13. The maximum Gasteiger partial charge on any atom is 0.371 e. The van der Waals surface area contributed by atoms with Gasteiger partial charge in [0.1, 0.15) is 0 Å². The summed E-state index contributed by atoms with van der Waals surface area (Å²) in [5, 5.41) is 16.8. The number of ether oxygens (including phenoxy) is 1. The number of hydrogen-bond acceptors (Lipinski definition) is 3. The first kappa shape index (κ1) is 13.7. The lowest BCUT2D eigenvalue weighted by molar-refractivity contribution is -0.136. The van der Waals surface area contributed by atoms with Crippen LogP contribution in [0.5, 0.6) is 0 Å². The van der Waals surface area contributed by atoms with Crippen molar-refractivity contribution >= 4 is 17.8 Å². The molecule has 0 heterocycles. The van der Waals surface area contributed by atoms with Crippen molar-refractivity contribution in [1.29, 1.82) is 5.41 Å². The van der Waals surface area contributed by atoms with E-state index in [1.165, 1.54) is 13.2 Å². The first-order valence-corrected chi connectivity index (χ1v) is 5.39. The molecule has 0 unspecified atom stereocenters. The van der Waals surface area contributed by atoms with Gasteiger partial charge in [0.2, 0.25) is 5.76 Å². The standard InChI is InChI=1S/C14H15NO3/c1-3-6-10-7-4-5-8-11(10)12(15)9-13(18-2)14(16)17/h3-9,15H,1-2H3,(H,16,17)/b6-3+,13-9-,15-12?. The van der Waals surface area contributed by atoms with Gasteiger partial charge in [-0.25, -0.2) is 4.79 Å². The lowest BCUT2D eigenvalue weighted by atomic mass is 10.0. The molecule has 94 valence electrons. The van der Waals surface area contributed by atoms with Crippen LogP contribution >= 0.6 is 0 Å². The molecule has 0 aliphatic carbocycles. The third kappa shape index (κ3) is 3.31. The Balaban J connectivity index is 3.15. The summed E-state index contributed by atoms with van der Waals surface area (Å²) in [6, 6.07) is 7.30. The highest BCUT2D eigenvalue weighted by atomic mass is 16.5. The van der Waals surface area contributed by atoms with E-state index in [9.17, 15) is 4.79 Å². The second kappa shape index (κ2) is 6.39. The zero-order valence-electron chi connectivity index (χ0n) is 10.3. The molecule has 0 spiro atoms. The Hall–Kier alpha value is -2.36. The Morgan fingerprint density at radius 3 is 2.61 bits per heavy atom. The Morgan fingerprint density at radius 2 is 2.06 bits per heavy atom. The second-order valence-corrected chi connectivity index (χ2v) is 3.52. The van der Waals surface area contributed by atoms with Crippen LogP contribution < -0.4 is 0 Å². The first-order valence-electron chi connectivity index (χ1n) is 5.39. The highest BCUT2D eigenvalue weighted by Gasteiger charge is 2.10. The molecule has 1 aromatic rings. The molecule has 4 heteroatoms. The van der Waals surface area contributed by atoms with Gasteiger partial charge in [0.15, 0.2) is 0 Å². The molecule has 0 bridgehead atoms. The van der Waals surface area contributed by atoms with Crippen LogP contribution in [-0.2, 0) is 9.53 Å². The van der Waals surface area contributed by atoms with E-state index in [0.29, 0.717) is 5.56 Å². The van der Waals surface area contributed by atoms with Gasteiger partial charge in [-0.05, 0) is 12.5 Å². The number of hydrogen-bond donors (Lipinski definition) is 2. The van der Waals surface area contributed by atoms with Crippen molar-refractivity contribution in [3.05, 3.63) is 53.3 Å². The first-order chi connectivity index (χ1) is 8.60. The molecule has 0 aliphatic heterocycles. The summed E-state index contributed by atoms with van der Waals surface area (Å²) < 4.78 is 4.71. The van der Waals surface area contributed by atoms with E-state index in [4.69, 9.17) is 15.3 Å². The predicted molar refractivity (Wildman–Crippen MR) is 70.7 cm³/mol. The van der Waals surface area contributed by atoms with Crippen molar-refractivity contribution in [2.75, 3.05) is 7.11 Å². The maximum absolute atomic E-state index is 10.8. The van der Waals surface area contributed by atoms with Crippen molar-refractivity contribution in [2.45, 2.75) is 6.92 Å². The smallest absolute Gasteiger partial charge is 0.371 e. The van der Waals surface area contributed by atoms with Crippen LogP contribution in [-0.4, -0.2) is 23.9 Å². The fourth-order valence-electron chi connectivity index (χ4n) is 1.48. The third-order valence-corrected chi connectivity index (χ3v) is 2.30. The zero-order chi connectivity index (χ0) is 13.5. The molecule has 0 amide bonds. The topological polar surface area (TPSA) is 70.4 Å². The predicted octanol–water partition coefficient (Wildman–Crippen LogP) is 2.70. The SMILES string of the molecule is C/C=C/c1ccccc1C(=N)/C=C(\OC)C(=O)O. The van der Waals surface area contributed by atoms with Crippen LogP contribution in [0.1, 0.15) is 18.1 Å². The van der Waals surface area contributed by atoms with Gasteiger partial charge >= 0.3 is 5.97 Å². The number of carboxylic acids is 1. The van der Waals surface area contributed by atoms with Crippen molar-refractivity contribution in [2.24, 2.45) is 0 Å². The summed E-state index contributed by atoms with van der Waals surface area (Å²) in [6.45, 7) is 1.88. The minimum atomic E-state index is -1.19. The van der Waals surface area contributed by atoms with Crippen molar-refractivity contribution in [1.82, 2.24) is 0 Å². The van der Waals surface area contributed by atoms with Crippen LogP contribution in [0.3, 0.4) is 0 Å². The number of carbonyl (C=O) groups is 1. The minimum absolute atomic E-state index is 0.1000. The van der Waals surface area contributed by atoms with Gasteiger partial charge in [-0.3, -0.25) is 0 Å². The number of aliphatic carboxylic acids is 1. The fraction of sp³-hybridized carbons (Fsp3) is 0.143. The summed E-state index contributed by atoms with van der Waals surface area (Å²) in [7, 11) is 1.27. The normalized spacial score (nSPS) is 11.6. The average Bonchev–Trinajstić information content (AvgIpc) is 2.36. The third-order valence-electron chi connectivity index (χ3n) is 2.30. The van der Waals surface area contributed by atoms with Gasteiger partial charge in [-0.1, -0.05) is 36.4 Å². The molecule has 0 fully saturated rings. The lowest BCUT2D eigenvalue weighted by Crippen LogP contribution is -2.07. The van der Waals surface area contributed by atoms with E-state index in [-0.39, 0.29) is 11.5 Å². The summed E-state index contributed by atoms with van der Waals surface area (Å²) in [5.41, 5.74) is 1.62. The van der Waals surface area contributed by atoms with Gasteiger partial charge in [-0.15, -0.1) is 0 Å². The monoisotopic (exact) mass is 245 g/mol. The van der Waals surface area contributed by atoms with Gasteiger partial charge in [0, 0.05) is 11.6 Å². The molecular formula is C14H15NO3. The van der Waals surface area contributed by atoms with Crippen LogP contribution in [0.2, 0.25) is 0 Å². The molecule has 0 saturated heterocycles. The zero-order valence-corrected chi connectivity index (χ0v) is 10.3. The van der Waals surface area contributed by atoms with E-state index in [2.05, 4.69) is 0 Å². The summed E-state index contributed by atoms with van der Waals surface area (Å²) in [4.78, 5) is 10.8. The molecule has 2 N–H and O–H groups in total. The molecule has 0 atom stereocenters. The van der Waals surface area contributed by atoms with E-state index >= 15 is 0 Å². The quantitative estimate of drug-likeness (QED) is 0.476. The molecule has 0 aliphatic rings.